The van der Waals surface area contributed by atoms with E-state index in [-0.39, 0.29) is 18.2 Å². The average Bonchev–Trinajstić information content (AvgIpc) is 2.57. The summed E-state index contributed by atoms with van der Waals surface area (Å²) in [6.45, 7) is 2.62. The van der Waals surface area contributed by atoms with Crippen molar-refractivity contribution in [2.24, 2.45) is 0 Å². The summed E-state index contributed by atoms with van der Waals surface area (Å²) in [5.74, 6) is 0.0442. The number of benzene rings is 2. The molecule has 0 bridgehead atoms. The smallest absolute Gasteiger partial charge is 0.228 e. The molecular formula is C19H19ClN2O2. The molecule has 0 saturated carbocycles. The van der Waals surface area contributed by atoms with Crippen LogP contribution in [0.5, 0.6) is 0 Å². The van der Waals surface area contributed by atoms with Gasteiger partial charge in [-0.25, -0.2) is 0 Å². The zero-order chi connectivity index (χ0) is 17.1. The lowest BCUT2D eigenvalue weighted by molar-refractivity contribution is -0.119. The van der Waals surface area contributed by atoms with Crippen molar-refractivity contribution in [3.8, 4) is 0 Å². The molecule has 1 aliphatic heterocycles. The van der Waals surface area contributed by atoms with Gasteiger partial charge in [0.15, 0.2) is 0 Å². The minimum Gasteiger partial charge on any atom is -0.326 e. The van der Waals surface area contributed by atoms with Crippen molar-refractivity contribution in [1.29, 1.82) is 0 Å². The minimum atomic E-state index is -0.109. The van der Waals surface area contributed by atoms with Crippen LogP contribution in [0.3, 0.4) is 0 Å². The topological polar surface area (TPSA) is 49.4 Å². The Bertz CT molecular complexity index is 789. The van der Waals surface area contributed by atoms with E-state index in [0.717, 1.165) is 22.5 Å². The Hall–Kier alpha value is -2.33. The molecule has 1 aliphatic rings. The predicted molar refractivity (Wildman–Crippen MR) is 96.6 cm³/mol. The summed E-state index contributed by atoms with van der Waals surface area (Å²) in [5.41, 5.74) is 3.58. The molecule has 0 aromatic heterocycles. The second-order valence-corrected chi connectivity index (χ2v) is 6.21. The van der Waals surface area contributed by atoms with E-state index in [1.54, 1.807) is 11.0 Å². The van der Waals surface area contributed by atoms with E-state index in [1.165, 1.54) is 0 Å². The highest BCUT2D eigenvalue weighted by molar-refractivity contribution is 6.31. The van der Waals surface area contributed by atoms with Crippen LogP contribution in [-0.4, -0.2) is 18.4 Å². The fourth-order valence-corrected chi connectivity index (χ4v) is 3.21. The van der Waals surface area contributed by atoms with Gasteiger partial charge in [-0.3, -0.25) is 9.59 Å². The molecule has 5 heteroatoms. The lowest BCUT2D eigenvalue weighted by Crippen LogP contribution is -2.34. The fourth-order valence-electron chi connectivity index (χ4n) is 3.00. The number of nitrogens with zero attached hydrogens (tertiary/aromatic N) is 1. The third kappa shape index (κ3) is 3.44. The summed E-state index contributed by atoms with van der Waals surface area (Å²) in [4.78, 5) is 26.0. The van der Waals surface area contributed by atoms with Gasteiger partial charge in [-0.1, -0.05) is 29.8 Å². The number of carbonyl (C=O) groups is 2. The van der Waals surface area contributed by atoms with Crippen LogP contribution >= 0.6 is 11.6 Å². The summed E-state index contributed by atoms with van der Waals surface area (Å²) in [5, 5.41) is 3.50. The molecule has 3 rings (SSSR count). The second kappa shape index (κ2) is 7.05. The van der Waals surface area contributed by atoms with Gasteiger partial charge in [-0.2, -0.15) is 0 Å². The Morgan fingerprint density at radius 1 is 1.21 bits per heavy atom. The molecule has 0 atom stereocenters. The standard InChI is InChI=1S/C19H19ClN2O2/c1-2-22-17-9-8-15(11-14(17)7-10-19(22)24)21-18(23)12-13-5-3-4-6-16(13)20/h3-6,8-9,11H,2,7,10,12H2,1H3,(H,21,23). The first-order valence-corrected chi connectivity index (χ1v) is 8.43. The van der Waals surface area contributed by atoms with Crippen molar-refractivity contribution < 1.29 is 9.59 Å². The van der Waals surface area contributed by atoms with Gasteiger partial charge in [0.05, 0.1) is 6.42 Å². The molecule has 0 saturated heterocycles. The van der Waals surface area contributed by atoms with Crippen molar-refractivity contribution in [3.05, 3.63) is 58.6 Å². The van der Waals surface area contributed by atoms with E-state index < -0.39 is 0 Å². The van der Waals surface area contributed by atoms with Gasteiger partial charge in [0, 0.05) is 29.4 Å². The van der Waals surface area contributed by atoms with Crippen LogP contribution in [0.15, 0.2) is 42.5 Å². The van der Waals surface area contributed by atoms with Crippen molar-refractivity contribution in [1.82, 2.24) is 0 Å². The Kier molecular flexibility index (Phi) is 4.86. The SMILES string of the molecule is CCN1C(=O)CCc2cc(NC(=O)Cc3ccccc3Cl)ccc21. The molecule has 24 heavy (non-hydrogen) atoms. The molecule has 0 aliphatic carbocycles. The molecular weight excluding hydrogens is 324 g/mol. The minimum absolute atomic E-state index is 0.109. The number of fused-ring (bicyclic) bond motifs is 1. The van der Waals surface area contributed by atoms with E-state index in [2.05, 4.69) is 5.32 Å². The Morgan fingerprint density at radius 2 is 2.00 bits per heavy atom. The summed E-state index contributed by atoms with van der Waals surface area (Å²) < 4.78 is 0. The molecule has 1 N–H and O–H groups in total. The number of nitrogens with one attached hydrogen (secondary N) is 1. The first kappa shape index (κ1) is 16.5. The van der Waals surface area contributed by atoms with E-state index in [4.69, 9.17) is 11.6 Å². The second-order valence-electron chi connectivity index (χ2n) is 5.80. The Balaban J connectivity index is 1.73. The maximum Gasteiger partial charge on any atom is 0.228 e. The molecule has 4 nitrogen and oxygen atoms in total. The first-order valence-electron chi connectivity index (χ1n) is 8.05. The summed E-state index contributed by atoms with van der Waals surface area (Å²) in [6.07, 6.45) is 1.45. The monoisotopic (exact) mass is 342 g/mol. The average molecular weight is 343 g/mol. The van der Waals surface area contributed by atoms with Crippen molar-refractivity contribution in [2.45, 2.75) is 26.2 Å². The molecule has 0 spiro atoms. The number of halogens is 1. The highest BCUT2D eigenvalue weighted by Gasteiger charge is 2.22. The molecule has 2 aromatic rings. The lowest BCUT2D eigenvalue weighted by atomic mass is 10.0. The van der Waals surface area contributed by atoms with E-state index in [9.17, 15) is 9.59 Å². The van der Waals surface area contributed by atoms with Gasteiger partial charge in [-0.05, 0) is 48.7 Å². The van der Waals surface area contributed by atoms with Crippen LogP contribution in [0.1, 0.15) is 24.5 Å². The Morgan fingerprint density at radius 3 is 2.75 bits per heavy atom. The van der Waals surface area contributed by atoms with Gasteiger partial charge >= 0.3 is 0 Å². The molecule has 124 valence electrons. The van der Waals surface area contributed by atoms with Gasteiger partial charge in [0.1, 0.15) is 0 Å². The molecule has 2 aromatic carbocycles. The maximum atomic E-state index is 12.2. The predicted octanol–water partition coefficient (Wildman–Crippen LogP) is 3.82. The van der Waals surface area contributed by atoms with Crippen LogP contribution in [0, 0.1) is 0 Å². The van der Waals surface area contributed by atoms with Gasteiger partial charge in [-0.15, -0.1) is 0 Å². The molecule has 0 fully saturated rings. The van der Waals surface area contributed by atoms with E-state index in [1.807, 2.05) is 43.3 Å². The lowest BCUT2D eigenvalue weighted by Gasteiger charge is -2.28. The summed E-state index contributed by atoms with van der Waals surface area (Å²) in [6, 6.07) is 13.0. The number of aryl methyl sites for hydroxylation is 1. The van der Waals surface area contributed by atoms with Crippen LogP contribution in [0.2, 0.25) is 5.02 Å². The number of carbonyl (C=O) groups excluding carboxylic acids is 2. The van der Waals surface area contributed by atoms with Crippen LogP contribution < -0.4 is 10.2 Å². The van der Waals surface area contributed by atoms with Gasteiger partial charge in [0.25, 0.3) is 0 Å². The van der Waals surface area contributed by atoms with Crippen molar-refractivity contribution >= 4 is 34.8 Å². The molecule has 0 radical (unpaired) electrons. The zero-order valence-corrected chi connectivity index (χ0v) is 14.3. The molecule has 0 unspecified atom stereocenters. The normalized spacial score (nSPS) is 13.6. The fraction of sp³-hybridized carbons (Fsp3) is 0.263. The van der Waals surface area contributed by atoms with Crippen molar-refractivity contribution in [2.75, 3.05) is 16.8 Å². The number of amides is 2. The molecule has 2 amide bonds. The van der Waals surface area contributed by atoms with Crippen LogP contribution in [0.4, 0.5) is 11.4 Å². The number of hydrogen-bond donors (Lipinski definition) is 1. The number of rotatable bonds is 4. The first-order chi connectivity index (χ1) is 11.6. The van der Waals surface area contributed by atoms with Gasteiger partial charge < -0.3 is 10.2 Å². The van der Waals surface area contributed by atoms with E-state index in [0.29, 0.717) is 24.4 Å². The third-order valence-corrected chi connectivity index (χ3v) is 4.56. The van der Waals surface area contributed by atoms with Crippen LogP contribution in [-0.2, 0) is 22.4 Å². The third-order valence-electron chi connectivity index (χ3n) is 4.19. The largest absolute Gasteiger partial charge is 0.326 e. The summed E-state index contributed by atoms with van der Waals surface area (Å²) in [7, 11) is 0. The van der Waals surface area contributed by atoms with E-state index >= 15 is 0 Å². The number of anilines is 2. The van der Waals surface area contributed by atoms with Gasteiger partial charge in [0.2, 0.25) is 11.8 Å². The van der Waals surface area contributed by atoms with Crippen LogP contribution in [0.25, 0.3) is 0 Å². The maximum absolute atomic E-state index is 12.2. The number of hydrogen-bond acceptors (Lipinski definition) is 2. The zero-order valence-electron chi connectivity index (χ0n) is 13.5. The summed E-state index contributed by atoms with van der Waals surface area (Å²) >= 11 is 6.09. The highest BCUT2D eigenvalue weighted by Crippen LogP contribution is 2.30. The van der Waals surface area contributed by atoms with Crippen molar-refractivity contribution in [3.63, 3.8) is 0 Å². The Labute approximate surface area is 146 Å². The molecule has 1 heterocycles. The quantitative estimate of drug-likeness (QED) is 0.918. The highest BCUT2D eigenvalue weighted by atomic mass is 35.5.